The van der Waals surface area contributed by atoms with E-state index < -0.39 is 21.7 Å². The first kappa shape index (κ1) is 17.6. The normalized spacial score (nSPS) is 15.3. The van der Waals surface area contributed by atoms with Crippen molar-refractivity contribution in [3.8, 4) is 0 Å². The minimum absolute atomic E-state index is 0.183. The highest BCUT2D eigenvalue weighted by Crippen LogP contribution is 2.24. The van der Waals surface area contributed by atoms with E-state index in [9.17, 15) is 19.3 Å². The molecule has 1 aliphatic heterocycles. The number of hydrogen-bond acceptors (Lipinski definition) is 5. The van der Waals surface area contributed by atoms with E-state index in [0.717, 1.165) is 38.1 Å². The SMILES string of the molecule is C[C@@H](SC(=S)N1CCCC1)C(=O)Nc1ccc(F)c([N+](=O)[O-])c1. The Morgan fingerprint density at radius 3 is 2.74 bits per heavy atom. The summed E-state index contributed by atoms with van der Waals surface area (Å²) in [5, 5.41) is 12.8. The molecule has 9 heteroatoms. The molecule has 1 amide bonds. The summed E-state index contributed by atoms with van der Waals surface area (Å²) >= 11 is 6.59. The highest BCUT2D eigenvalue weighted by Gasteiger charge is 2.22. The van der Waals surface area contributed by atoms with Gasteiger partial charge in [0.05, 0.1) is 10.2 Å². The number of amides is 1. The Kier molecular flexibility index (Phi) is 5.89. The van der Waals surface area contributed by atoms with Crippen LogP contribution in [0.4, 0.5) is 15.8 Å². The molecular weight excluding hydrogens is 341 g/mol. The topological polar surface area (TPSA) is 75.5 Å². The molecule has 0 aromatic heterocycles. The Bertz CT molecular complexity index is 636. The molecule has 1 fully saturated rings. The van der Waals surface area contributed by atoms with E-state index in [-0.39, 0.29) is 11.6 Å². The quantitative estimate of drug-likeness (QED) is 0.507. The van der Waals surface area contributed by atoms with Crippen LogP contribution >= 0.6 is 24.0 Å². The number of halogens is 1. The van der Waals surface area contributed by atoms with Crippen molar-refractivity contribution in [3.05, 3.63) is 34.1 Å². The van der Waals surface area contributed by atoms with Gasteiger partial charge < -0.3 is 10.2 Å². The number of nitro benzene ring substituents is 1. The Balaban J connectivity index is 1.96. The summed E-state index contributed by atoms with van der Waals surface area (Å²) in [6.45, 7) is 3.52. The second-order valence-corrected chi connectivity index (χ2v) is 7.11. The molecule has 1 aromatic rings. The van der Waals surface area contributed by atoms with Crippen molar-refractivity contribution in [1.29, 1.82) is 0 Å². The minimum atomic E-state index is -0.939. The van der Waals surface area contributed by atoms with Crippen molar-refractivity contribution in [2.45, 2.75) is 25.0 Å². The van der Waals surface area contributed by atoms with Gasteiger partial charge in [0.15, 0.2) is 0 Å². The molecule has 1 heterocycles. The zero-order valence-electron chi connectivity index (χ0n) is 12.5. The van der Waals surface area contributed by atoms with E-state index in [0.29, 0.717) is 4.32 Å². The molecule has 0 radical (unpaired) electrons. The minimum Gasteiger partial charge on any atom is -0.358 e. The Morgan fingerprint density at radius 1 is 1.48 bits per heavy atom. The Labute approximate surface area is 142 Å². The van der Waals surface area contributed by atoms with Gasteiger partial charge in [-0.3, -0.25) is 14.9 Å². The number of anilines is 1. The third-order valence-electron chi connectivity index (χ3n) is 3.42. The first-order valence-electron chi connectivity index (χ1n) is 7.09. The Morgan fingerprint density at radius 2 is 2.13 bits per heavy atom. The highest BCUT2D eigenvalue weighted by molar-refractivity contribution is 8.23. The number of thiocarbonyl (C=S) groups is 1. The van der Waals surface area contributed by atoms with Gasteiger partial charge in [-0.05, 0) is 31.9 Å². The summed E-state index contributed by atoms with van der Waals surface area (Å²) in [5.41, 5.74) is -0.488. The molecule has 1 saturated heterocycles. The number of hydrogen-bond donors (Lipinski definition) is 1. The molecular formula is C14H16FN3O3S2. The van der Waals surface area contributed by atoms with E-state index in [1.165, 1.54) is 17.8 Å². The molecule has 0 saturated carbocycles. The average Bonchev–Trinajstić information content (AvgIpc) is 3.03. The first-order valence-corrected chi connectivity index (χ1v) is 8.37. The molecule has 124 valence electrons. The predicted octanol–water partition coefficient (Wildman–Crippen LogP) is 3.17. The average molecular weight is 357 g/mol. The zero-order valence-corrected chi connectivity index (χ0v) is 14.1. The van der Waals surface area contributed by atoms with Crippen LogP contribution in [0, 0.1) is 15.9 Å². The lowest BCUT2D eigenvalue weighted by molar-refractivity contribution is -0.387. The molecule has 0 unspecified atom stereocenters. The molecule has 1 aromatic carbocycles. The van der Waals surface area contributed by atoms with Crippen LogP contribution in [0.3, 0.4) is 0 Å². The van der Waals surface area contributed by atoms with Crippen LogP contribution in [0.25, 0.3) is 0 Å². The van der Waals surface area contributed by atoms with Crippen molar-refractivity contribution < 1.29 is 14.1 Å². The lowest BCUT2D eigenvalue weighted by Crippen LogP contribution is -2.29. The van der Waals surface area contributed by atoms with Crippen molar-refractivity contribution >= 4 is 45.6 Å². The van der Waals surface area contributed by atoms with Gasteiger partial charge in [0.25, 0.3) is 0 Å². The monoisotopic (exact) mass is 357 g/mol. The van der Waals surface area contributed by atoms with Gasteiger partial charge >= 0.3 is 5.69 Å². The molecule has 1 aliphatic rings. The van der Waals surface area contributed by atoms with Crippen molar-refractivity contribution in [1.82, 2.24) is 4.90 Å². The van der Waals surface area contributed by atoms with E-state index in [1.807, 2.05) is 0 Å². The number of nitrogens with one attached hydrogen (secondary N) is 1. The third kappa shape index (κ3) is 4.61. The van der Waals surface area contributed by atoms with E-state index >= 15 is 0 Å². The summed E-state index contributed by atoms with van der Waals surface area (Å²) in [6.07, 6.45) is 2.20. The number of nitrogens with zero attached hydrogens (tertiary/aromatic N) is 2. The van der Waals surface area contributed by atoms with Gasteiger partial charge in [-0.15, -0.1) is 0 Å². The molecule has 2 rings (SSSR count). The maximum Gasteiger partial charge on any atom is 0.306 e. The number of benzene rings is 1. The van der Waals surface area contributed by atoms with Gasteiger partial charge in [0.2, 0.25) is 11.7 Å². The predicted molar refractivity (Wildman–Crippen MR) is 92.1 cm³/mol. The fraction of sp³-hybridized carbons (Fsp3) is 0.429. The molecule has 23 heavy (non-hydrogen) atoms. The number of nitro groups is 1. The smallest absolute Gasteiger partial charge is 0.306 e. The van der Waals surface area contributed by atoms with Crippen LogP contribution in [-0.2, 0) is 4.79 Å². The van der Waals surface area contributed by atoms with Gasteiger partial charge in [-0.25, -0.2) is 0 Å². The van der Waals surface area contributed by atoms with Gasteiger partial charge in [-0.1, -0.05) is 24.0 Å². The number of rotatable bonds is 4. The molecule has 1 atom stereocenters. The van der Waals surface area contributed by atoms with Crippen molar-refractivity contribution in [3.63, 3.8) is 0 Å². The van der Waals surface area contributed by atoms with Crippen LogP contribution in [0.2, 0.25) is 0 Å². The lowest BCUT2D eigenvalue weighted by Gasteiger charge is -2.20. The van der Waals surface area contributed by atoms with Crippen molar-refractivity contribution in [2.24, 2.45) is 0 Å². The standard InChI is InChI=1S/C14H16FN3O3S2/c1-9(23-14(22)17-6-2-3-7-17)13(19)16-10-4-5-11(15)12(8-10)18(20)21/h4-5,8-9H,2-3,6-7H2,1H3,(H,16,19)/t9-/m1/s1. The summed E-state index contributed by atoms with van der Waals surface area (Å²) in [7, 11) is 0. The van der Waals surface area contributed by atoms with Gasteiger partial charge in [-0.2, -0.15) is 4.39 Å². The molecule has 0 bridgehead atoms. The molecule has 1 N–H and O–H groups in total. The first-order chi connectivity index (χ1) is 10.9. The second kappa shape index (κ2) is 7.69. The zero-order chi connectivity index (χ0) is 17.0. The van der Waals surface area contributed by atoms with Crippen LogP contribution in [0.5, 0.6) is 0 Å². The number of likely N-dealkylation sites (tertiary alicyclic amines) is 1. The maximum absolute atomic E-state index is 13.3. The van der Waals surface area contributed by atoms with E-state index in [4.69, 9.17) is 12.2 Å². The molecule has 0 spiro atoms. The summed E-state index contributed by atoms with van der Waals surface area (Å²) in [6, 6.07) is 3.25. The largest absolute Gasteiger partial charge is 0.358 e. The van der Waals surface area contributed by atoms with Crippen molar-refractivity contribution in [2.75, 3.05) is 18.4 Å². The van der Waals surface area contributed by atoms with Crippen LogP contribution in [-0.4, -0.2) is 38.4 Å². The van der Waals surface area contributed by atoms with E-state index in [2.05, 4.69) is 10.2 Å². The van der Waals surface area contributed by atoms with Gasteiger partial charge in [0.1, 0.15) is 4.32 Å². The summed E-state index contributed by atoms with van der Waals surface area (Å²) in [5.74, 6) is -1.27. The van der Waals surface area contributed by atoms with Crippen LogP contribution < -0.4 is 5.32 Å². The fourth-order valence-electron chi connectivity index (χ4n) is 2.15. The maximum atomic E-state index is 13.3. The highest BCUT2D eigenvalue weighted by atomic mass is 32.2. The van der Waals surface area contributed by atoms with Gasteiger partial charge in [0, 0.05) is 24.8 Å². The third-order valence-corrected chi connectivity index (χ3v) is 5.00. The summed E-state index contributed by atoms with van der Waals surface area (Å²) < 4.78 is 14.0. The lowest BCUT2D eigenvalue weighted by atomic mass is 10.2. The Hall–Kier alpha value is -1.74. The molecule has 6 nitrogen and oxygen atoms in total. The molecule has 0 aliphatic carbocycles. The summed E-state index contributed by atoms with van der Waals surface area (Å²) in [4.78, 5) is 24.1. The van der Waals surface area contributed by atoms with Crippen LogP contribution in [0.1, 0.15) is 19.8 Å². The van der Waals surface area contributed by atoms with Crippen LogP contribution in [0.15, 0.2) is 18.2 Å². The number of carbonyl (C=O) groups is 1. The number of thioether (sulfide) groups is 1. The fourth-order valence-corrected chi connectivity index (χ4v) is 3.57. The number of carbonyl (C=O) groups excluding carboxylic acids is 1. The van der Waals surface area contributed by atoms with E-state index in [1.54, 1.807) is 6.92 Å². The second-order valence-electron chi connectivity index (χ2n) is 5.13.